The minimum absolute atomic E-state index is 0.0502. The van der Waals surface area contributed by atoms with Crippen LogP contribution < -0.4 is 0 Å². The van der Waals surface area contributed by atoms with Crippen molar-refractivity contribution in [2.24, 2.45) is 0 Å². The van der Waals surface area contributed by atoms with Crippen LogP contribution in [0.2, 0.25) is 18.1 Å². The average molecular weight is 299 g/mol. The molecule has 4 nitrogen and oxygen atoms in total. The molecular weight excluding hydrogens is 270 g/mol. The highest BCUT2D eigenvalue weighted by Crippen LogP contribution is 2.38. The normalized spacial score (nSPS) is 14.6. The van der Waals surface area contributed by atoms with Gasteiger partial charge in [-0.05, 0) is 38.9 Å². The lowest BCUT2D eigenvalue weighted by molar-refractivity contribution is -0.156. The van der Waals surface area contributed by atoms with Gasteiger partial charge in [-0.15, -0.1) is 0 Å². The van der Waals surface area contributed by atoms with E-state index in [1.54, 1.807) is 0 Å². The summed E-state index contributed by atoms with van der Waals surface area (Å²) in [7, 11) is -1.99. The fourth-order valence-electron chi connectivity index (χ4n) is 1.42. The summed E-state index contributed by atoms with van der Waals surface area (Å²) in [6.07, 6.45) is -0.0287. The second kappa shape index (κ2) is 6.73. The van der Waals surface area contributed by atoms with E-state index in [4.69, 9.17) is 14.4 Å². The van der Waals surface area contributed by atoms with E-state index >= 15 is 0 Å². The second-order valence-corrected chi connectivity index (χ2v) is 12.4. The van der Waals surface area contributed by atoms with Crippen LogP contribution in [0.1, 0.15) is 54.4 Å². The number of rotatable bonds is 5. The molecule has 5 heteroatoms. The number of hydrogen-bond acceptors (Lipinski definition) is 4. The van der Waals surface area contributed by atoms with Crippen LogP contribution >= 0.6 is 0 Å². The summed E-state index contributed by atoms with van der Waals surface area (Å²) in [6.45, 7) is 16.1. The zero-order valence-corrected chi connectivity index (χ0v) is 15.2. The fraction of sp³-hybridized carbons (Fsp3) is 0.867. The number of esters is 1. The second-order valence-electron chi connectivity index (χ2n) is 7.65. The van der Waals surface area contributed by atoms with E-state index in [0.717, 1.165) is 0 Å². The van der Waals surface area contributed by atoms with Crippen LogP contribution in [0, 0.1) is 11.3 Å². The first-order chi connectivity index (χ1) is 8.78. The van der Waals surface area contributed by atoms with Crippen molar-refractivity contribution in [3.8, 4) is 6.07 Å². The van der Waals surface area contributed by atoms with Crippen molar-refractivity contribution in [3.63, 3.8) is 0 Å². The molecular formula is C15H29NO3Si. The number of ether oxygens (including phenoxy) is 1. The molecule has 116 valence electrons. The molecule has 0 spiro atoms. The van der Waals surface area contributed by atoms with E-state index in [9.17, 15) is 4.79 Å². The minimum atomic E-state index is -1.99. The molecule has 0 N–H and O–H groups in total. The predicted molar refractivity (Wildman–Crippen MR) is 82.8 cm³/mol. The third-order valence-electron chi connectivity index (χ3n) is 3.40. The maximum absolute atomic E-state index is 11.9. The van der Waals surface area contributed by atoms with E-state index in [0.29, 0.717) is 0 Å². The van der Waals surface area contributed by atoms with Crippen molar-refractivity contribution >= 4 is 14.3 Å². The van der Waals surface area contributed by atoms with Gasteiger partial charge in [0, 0.05) is 0 Å². The van der Waals surface area contributed by atoms with Crippen LogP contribution in [-0.2, 0) is 14.0 Å². The molecule has 0 bridgehead atoms. The molecule has 0 aliphatic rings. The van der Waals surface area contributed by atoms with Gasteiger partial charge in [-0.3, -0.25) is 4.79 Å². The van der Waals surface area contributed by atoms with Crippen LogP contribution in [0.25, 0.3) is 0 Å². The van der Waals surface area contributed by atoms with Gasteiger partial charge in [0.2, 0.25) is 0 Å². The van der Waals surface area contributed by atoms with Gasteiger partial charge < -0.3 is 9.16 Å². The fourth-order valence-corrected chi connectivity index (χ4v) is 2.77. The van der Waals surface area contributed by atoms with Gasteiger partial charge in [0.1, 0.15) is 5.60 Å². The lowest BCUT2D eigenvalue weighted by Crippen LogP contribution is -2.44. The van der Waals surface area contributed by atoms with Crippen molar-refractivity contribution < 1.29 is 14.0 Å². The SMILES string of the molecule is CC(C)(C)OC(=O)CC(CC#N)O[Si](C)(C)C(C)(C)C. The molecule has 0 aliphatic heterocycles. The molecule has 0 radical (unpaired) electrons. The molecule has 0 fully saturated rings. The molecule has 0 aromatic carbocycles. The standard InChI is InChI=1S/C15H29NO3Si/c1-14(2,3)18-13(17)11-12(9-10-16)19-20(7,8)15(4,5)6/h12H,9,11H2,1-8H3. The topological polar surface area (TPSA) is 59.3 Å². The quantitative estimate of drug-likeness (QED) is 0.568. The van der Waals surface area contributed by atoms with Crippen molar-refractivity contribution in [1.82, 2.24) is 0 Å². The van der Waals surface area contributed by atoms with Crippen LogP contribution in [0.4, 0.5) is 0 Å². The maximum Gasteiger partial charge on any atom is 0.308 e. The van der Waals surface area contributed by atoms with Gasteiger partial charge >= 0.3 is 5.97 Å². The van der Waals surface area contributed by atoms with Crippen molar-refractivity contribution in [3.05, 3.63) is 0 Å². The van der Waals surface area contributed by atoms with E-state index in [1.165, 1.54) is 0 Å². The molecule has 1 unspecified atom stereocenters. The van der Waals surface area contributed by atoms with Gasteiger partial charge in [0.25, 0.3) is 0 Å². The Morgan fingerprint density at radius 2 is 1.70 bits per heavy atom. The van der Waals surface area contributed by atoms with Crippen LogP contribution in [0.3, 0.4) is 0 Å². The Bertz CT molecular complexity index is 372. The van der Waals surface area contributed by atoms with E-state index in [-0.39, 0.29) is 30.0 Å². The molecule has 0 aliphatic carbocycles. The van der Waals surface area contributed by atoms with Crippen molar-refractivity contribution in [2.75, 3.05) is 0 Å². The first kappa shape index (κ1) is 19.1. The zero-order valence-electron chi connectivity index (χ0n) is 14.2. The van der Waals surface area contributed by atoms with Crippen LogP contribution in [-0.4, -0.2) is 26.0 Å². The first-order valence-electron chi connectivity index (χ1n) is 7.05. The Balaban J connectivity index is 4.76. The molecule has 0 heterocycles. The highest BCUT2D eigenvalue weighted by atomic mass is 28.4. The predicted octanol–water partition coefficient (Wildman–Crippen LogP) is 4.02. The van der Waals surface area contributed by atoms with Gasteiger partial charge in [0.15, 0.2) is 8.32 Å². The Morgan fingerprint density at radius 3 is 2.05 bits per heavy atom. The number of carbonyl (C=O) groups is 1. The molecule has 0 aromatic rings. The summed E-state index contributed by atoms with van der Waals surface area (Å²) in [4.78, 5) is 11.9. The van der Waals surface area contributed by atoms with Gasteiger partial charge in [-0.2, -0.15) is 5.26 Å². The first-order valence-corrected chi connectivity index (χ1v) is 9.96. The minimum Gasteiger partial charge on any atom is -0.460 e. The lowest BCUT2D eigenvalue weighted by atomic mass is 10.1. The third-order valence-corrected chi connectivity index (χ3v) is 7.94. The number of nitriles is 1. The van der Waals surface area contributed by atoms with Gasteiger partial charge in [0.05, 0.1) is 25.0 Å². The lowest BCUT2D eigenvalue weighted by Gasteiger charge is -2.38. The molecule has 20 heavy (non-hydrogen) atoms. The monoisotopic (exact) mass is 299 g/mol. The van der Waals surface area contributed by atoms with E-state index in [2.05, 4.69) is 39.9 Å². The van der Waals surface area contributed by atoms with Crippen LogP contribution in [0.5, 0.6) is 0 Å². The molecule has 0 amide bonds. The molecule has 0 saturated carbocycles. The van der Waals surface area contributed by atoms with Gasteiger partial charge in [-0.25, -0.2) is 0 Å². The van der Waals surface area contributed by atoms with Crippen molar-refractivity contribution in [1.29, 1.82) is 5.26 Å². The van der Waals surface area contributed by atoms with Crippen molar-refractivity contribution in [2.45, 2.75) is 84.2 Å². The Morgan fingerprint density at radius 1 is 1.20 bits per heavy atom. The third kappa shape index (κ3) is 7.06. The molecule has 0 aromatic heterocycles. The number of nitrogens with zero attached hydrogens (tertiary/aromatic N) is 1. The molecule has 0 rings (SSSR count). The largest absolute Gasteiger partial charge is 0.460 e. The maximum atomic E-state index is 11.9. The summed E-state index contributed by atoms with van der Waals surface area (Å²) in [5.41, 5.74) is -0.509. The summed E-state index contributed by atoms with van der Waals surface area (Å²) in [5.74, 6) is -0.309. The Hall–Kier alpha value is -0.863. The number of carbonyl (C=O) groups excluding carboxylic acids is 1. The summed E-state index contributed by atoms with van der Waals surface area (Å²) in [5, 5.41) is 8.97. The zero-order chi connectivity index (χ0) is 16.2. The molecule has 0 saturated heterocycles. The summed E-state index contributed by atoms with van der Waals surface area (Å²) >= 11 is 0. The highest BCUT2D eigenvalue weighted by Gasteiger charge is 2.39. The van der Waals surface area contributed by atoms with Crippen LogP contribution in [0.15, 0.2) is 0 Å². The Labute approximate surface area is 124 Å². The summed E-state index contributed by atoms with van der Waals surface area (Å²) < 4.78 is 11.4. The van der Waals surface area contributed by atoms with Gasteiger partial charge in [-0.1, -0.05) is 20.8 Å². The number of hydrogen-bond donors (Lipinski definition) is 0. The van der Waals surface area contributed by atoms with E-state index in [1.807, 2.05) is 20.8 Å². The van der Waals surface area contributed by atoms with E-state index < -0.39 is 13.9 Å². The average Bonchev–Trinajstić information content (AvgIpc) is 2.11. The Kier molecular flexibility index (Phi) is 6.44. The highest BCUT2D eigenvalue weighted by molar-refractivity contribution is 6.74. The summed E-state index contributed by atoms with van der Waals surface area (Å²) in [6, 6.07) is 2.10. The molecule has 1 atom stereocenters. The smallest absolute Gasteiger partial charge is 0.308 e.